The Morgan fingerprint density at radius 3 is 2.60 bits per heavy atom. The number of carboxylic acid groups (broad SMARTS) is 1. The molecule has 2 N–H and O–H groups in total. The molecule has 148 valence electrons. The number of pyridine rings is 1. The molecule has 30 heavy (non-hydrogen) atoms. The summed E-state index contributed by atoms with van der Waals surface area (Å²) >= 11 is 1.37. The third kappa shape index (κ3) is 4.00. The number of fused-ring (bicyclic) bond motifs is 1. The fourth-order valence-electron chi connectivity index (χ4n) is 2.69. The van der Waals surface area contributed by atoms with Crippen LogP contribution in [0.3, 0.4) is 0 Å². The Hall–Kier alpha value is -3.74. The minimum Gasteiger partial charge on any atom is -0.477 e. The SMILES string of the molecule is O=C(O)c1ccc(C#Cc2ccccc2NS(=O)(=O)c2cccc3scnc23)cn1. The van der Waals surface area contributed by atoms with Gasteiger partial charge in [-0.3, -0.25) is 4.72 Å². The number of anilines is 1. The van der Waals surface area contributed by atoms with Crippen LogP contribution in [0, 0.1) is 11.8 Å². The quantitative estimate of drug-likeness (QED) is 0.474. The Labute approximate surface area is 176 Å². The van der Waals surface area contributed by atoms with Crippen LogP contribution in [0.25, 0.3) is 10.2 Å². The third-order valence-electron chi connectivity index (χ3n) is 4.11. The predicted molar refractivity (Wildman–Crippen MR) is 114 cm³/mol. The molecule has 0 aliphatic carbocycles. The molecular weight excluding hydrogens is 422 g/mol. The topological polar surface area (TPSA) is 109 Å². The van der Waals surface area contributed by atoms with Crippen molar-refractivity contribution in [3.05, 3.63) is 83.1 Å². The fraction of sp³-hybridized carbons (Fsp3) is 0. The molecule has 4 aromatic rings. The molecule has 0 unspecified atom stereocenters. The van der Waals surface area contributed by atoms with Gasteiger partial charge in [-0.15, -0.1) is 11.3 Å². The molecule has 2 heterocycles. The first-order chi connectivity index (χ1) is 14.4. The number of hydrogen-bond donors (Lipinski definition) is 2. The molecular formula is C21H13N3O4S2. The number of sulfonamides is 1. The number of nitrogens with one attached hydrogen (secondary N) is 1. The molecule has 4 rings (SSSR count). The lowest BCUT2D eigenvalue weighted by molar-refractivity contribution is 0.0690. The van der Waals surface area contributed by atoms with E-state index in [4.69, 9.17) is 5.11 Å². The monoisotopic (exact) mass is 435 g/mol. The van der Waals surface area contributed by atoms with Crippen LogP contribution in [0.15, 0.2) is 71.2 Å². The second-order valence-electron chi connectivity index (χ2n) is 6.09. The summed E-state index contributed by atoms with van der Waals surface area (Å²) in [5, 5.41) is 8.91. The molecule has 0 amide bonds. The maximum atomic E-state index is 13.0. The van der Waals surface area contributed by atoms with Crippen LogP contribution in [0.1, 0.15) is 21.6 Å². The molecule has 9 heteroatoms. The maximum Gasteiger partial charge on any atom is 0.354 e. The molecule has 0 fully saturated rings. The number of para-hydroxylation sites is 2. The number of aromatic carboxylic acids is 1. The number of benzene rings is 2. The van der Waals surface area contributed by atoms with Crippen LogP contribution >= 0.6 is 11.3 Å². The highest BCUT2D eigenvalue weighted by Gasteiger charge is 2.20. The Morgan fingerprint density at radius 2 is 1.83 bits per heavy atom. The van der Waals surface area contributed by atoms with E-state index >= 15 is 0 Å². The van der Waals surface area contributed by atoms with E-state index in [2.05, 4.69) is 26.5 Å². The molecule has 0 bridgehead atoms. The number of carboxylic acids is 1. The Balaban J connectivity index is 1.66. The lowest BCUT2D eigenvalue weighted by Gasteiger charge is -2.10. The van der Waals surface area contributed by atoms with Gasteiger partial charge in [-0.2, -0.15) is 0 Å². The highest BCUT2D eigenvalue weighted by Crippen LogP contribution is 2.27. The normalized spacial score (nSPS) is 10.9. The first-order valence-electron chi connectivity index (χ1n) is 8.59. The van der Waals surface area contributed by atoms with E-state index in [0.29, 0.717) is 22.3 Å². The van der Waals surface area contributed by atoms with E-state index in [0.717, 1.165) is 4.70 Å². The van der Waals surface area contributed by atoms with Crippen molar-refractivity contribution in [1.29, 1.82) is 0 Å². The van der Waals surface area contributed by atoms with Crippen molar-refractivity contribution >= 4 is 43.2 Å². The molecule has 2 aromatic carbocycles. The summed E-state index contributed by atoms with van der Waals surface area (Å²) in [6, 6.07) is 14.7. The average molecular weight is 435 g/mol. The molecule has 7 nitrogen and oxygen atoms in total. The van der Waals surface area contributed by atoms with E-state index in [1.807, 2.05) is 6.07 Å². The number of hydrogen-bond acceptors (Lipinski definition) is 6. The summed E-state index contributed by atoms with van der Waals surface area (Å²) in [5.74, 6) is 4.65. The van der Waals surface area contributed by atoms with Crippen LogP contribution in [0.5, 0.6) is 0 Å². The van der Waals surface area contributed by atoms with E-state index in [-0.39, 0.29) is 10.6 Å². The molecule has 0 saturated carbocycles. The van der Waals surface area contributed by atoms with E-state index in [1.54, 1.807) is 41.9 Å². The van der Waals surface area contributed by atoms with Crippen molar-refractivity contribution in [3.63, 3.8) is 0 Å². The summed E-state index contributed by atoms with van der Waals surface area (Å²) in [6.07, 6.45) is 1.35. The fourth-order valence-corrected chi connectivity index (χ4v) is 4.71. The molecule has 0 aliphatic heterocycles. The summed E-state index contributed by atoms with van der Waals surface area (Å²) in [5.41, 5.74) is 3.24. The van der Waals surface area contributed by atoms with Gasteiger partial charge in [0.25, 0.3) is 10.0 Å². The zero-order valence-electron chi connectivity index (χ0n) is 15.2. The smallest absolute Gasteiger partial charge is 0.354 e. The first kappa shape index (κ1) is 19.6. The minimum atomic E-state index is -3.88. The van der Waals surface area contributed by atoms with Gasteiger partial charge in [0.15, 0.2) is 0 Å². The predicted octanol–water partition coefficient (Wildman–Crippen LogP) is 3.59. The van der Waals surface area contributed by atoms with E-state index in [1.165, 1.54) is 29.7 Å². The Bertz CT molecular complexity index is 1420. The maximum absolute atomic E-state index is 13.0. The van der Waals surface area contributed by atoms with E-state index in [9.17, 15) is 13.2 Å². The van der Waals surface area contributed by atoms with Gasteiger partial charge in [0.05, 0.1) is 15.9 Å². The summed E-state index contributed by atoms with van der Waals surface area (Å²) < 4.78 is 29.3. The van der Waals surface area contributed by atoms with Gasteiger partial charge in [0.2, 0.25) is 0 Å². The first-order valence-corrected chi connectivity index (χ1v) is 11.0. The lowest BCUT2D eigenvalue weighted by Crippen LogP contribution is -2.14. The van der Waals surface area contributed by atoms with Gasteiger partial charge in [-0.1, -0.05) is 30.0 Å². The van der Waals surface area contributed by atoms with Crippen molar-refractivity contribution in [1.82, 2.24) is 9.97 Å². The minimum absolute atomic E-state index is 0.0788. The number of aromatic nitrogens is 2. The van der Waals surface area contributed by atoms with Crippen molar-refractivity contribution < 1.29 is 18.3 Å². The second kappa shape index (κ2) is 7.94. The summed E-state index contributed by atoms with van der Waals surface area (Å²) in [4.78, 5) is 19.0. The van der Waals surface area contributed by atoms with Crippen molar-refractivity contribution in [2.75, 3.05) is 4.72 Å². The van der Waals surface area contributed by atoms with Crippen molar-refractivity contribution in [2.45, 2.75) is 4.90 Å². The highest BCUT2D eigenvalue weighted by atomic mass is 32.2. The Morgan fingerprint density at radius 1 is 1.00 bits per heavy atom. The third-order valence-corrected chi connectivity index (χ3v) is 6.30. The molecule has 0 spiro atoms. The van der Waals surface area contributed by atoms with Crippen molar-refractivity contribution in [2.24, 2.45) is 0 Å². The standard InChI is InChI=1S/C21H13N3O4S2/c25-21(26)17-11-9-14(12-22-17)8-10-15-4-1-2-5-16(15)24-30(27,28)19-7-3-6-18-20(19)23-13-29-18/h1-7,9,11-13,24H,(H,25,26). The van der Waals surface area contributed by atoms with Crippen LogP contribution in [-0.2, 0) is 10.0 Å². The van der Waals surface area contributed by atoms with Gasteiger partial charge in [-0.05, 0) is 36.4 Å². The number of carbonyl (C=O) groups is 1. The largest absolute Gasteiger partial charge is 0.477 e. The lowest BCUT2D eigenvalue weighted by atomic mass is 10.1. The van der Waals surface area contributed by atoms with Crippen molar-refractivity contribution in [3.8, 4) is 11.8 Å². The highest BCUT2D eigenvalue weighted by molar-refractivity contribution is 7.93. The Kier molecular flexibility index (Phi) is 5.18. The summed E-state index contributed by atoms with van der Waals surface area (Å²) in [6.45, 7) is 0. The van der Waals surface area contributed by atoms with Gasteiger partial charge in [-0.25, -0.2) is 23.2 Å². The second-order valence-corrected chi connectivity index (χ2v) is 8.63. The molecule has 0 atom stereocenters. The van der Waals surface area contributed by atoms with E-state index < -0.39 is 16.0 Å². The zero-order chi connectivity index (χ0) is 21.1. The number of rotatable bonds is 4. The van der Waals surface area contributed by atoms with Crippen LogP contribution in [-0.4, -0.2) is 29.5 Å². The van der Waals surface area contributed by atoms with Gasteiger partial charge in [0, 0.05) is 17.3 Å². The van der Waals surface area contributed by atoms with Gasteiger partial charge >= 0.3 is 5.97 Å². The molecule has 0 aliphatic rings. The molecule has 0 radical (unpaired) electrons. The number of nitrogens with zero attached hydrogens (tertiary/aromatic N) is 2. The molecule has 2 aromatic heterocycles. The van der Waals surface area contributed by atoms with Crippen LogP contribution in [0.4, 0.5) is 5.69 Å². The van der Waals surface area contributed by atoms with Gasteiger partial charge in [0.1, 0.15) is 16.1 Å². The molecule has 0 saturated heterocycles. The summed E-state index contributed by atoms with van der Waals surface area (Å²) in [7, 11) is -3.88. The average Bonchev–Trinajstić information content (AvgIpc) is 3.22. The van der Waals surface area contributed by atoms with Crippen LogP contribution in [0.2, 0.25) is 0 Å². The van der Waals surface area contributed by atoms with Crippen LogP contribution < -0.4 is 4.72 Å². The zero-order valence-corrected chi connectivity index (χ0v) is 16.9. The van der Waals surface area contributed by atoms with Gasteiger partial charge < -0.3 is 5.11 Å². The number of thiazole rings is 1.